The van der Waals surface area contributed by atoms with Gasteiger partial charge < -0.3 is 10.1 Å². The summed E-state index contributed by atoms with van der Waals surface area (Å²) in [5.41, 5.74) is 3.73. The summed E-state index contributed by atoms with van der Waals surface area (Å²) in [6.45, 7) is 3.40. The summed E-state index contributed by atoms with van der Waals surface area (Å²) < 4.78 is 8.65. The molecule has 0 atom stereocenters. The molecule has 0 saturated heterocycles. The first-order chi connectivity index (χ1) is 16.0. The van der Waals surface area contributed by atoms with Crippen LogP contribution in [0.25, 0.3) is 11.4 Å². The van der Waals surface area contributed by atoms with E-state index in [9.17, 15) is 9.59 Å². The van der Waals surface area contributed by atoms with Crippen molar-refractivity contribution in [1.29, 1.82) is 0 Å². The van der Waals surface area contributed by atoms with E-state index < -0.39 is 18.5 Å². The summed E-state index contributed by atoms with van der Waals surface area (Å²) in [6, 6.07) is 18.9. The highest BCUT2D eigenvalue weighted by Gasteiger charge is 2.20. The number of amides is 1. The van der Waals surface area contributed by atoms with Crippen LogP contribution in [0.5, 0.6) is 0 Å². The van der Waals surface area contributed by atoms with E-state index in [1.54, 1.807) is 15.3 Å². The van der Waals surface area contributed by atoms with Crippen molar-refractivity contribution in [3.8, 4) is 11.4 Å². The first kappa shape index (κ1) is 22.3. The van der Waals surface area contributed by atoms with E-state index in [4.69, 9.17) is 4.74 Å². The molecule has 0 aliphatic heterocycles. The third kappa shape index (κ3) is 4.98. The number of benzene rings is 2. The molecule has 0 radical (unpaired) electrons. The minimum Gasteiger partial charge on any atom is -0.451 e. The van der Waals surface area contributed by atoms with Gasteiger partial charge in [-0.1, -0.05) is 47.7 Å². The predicted molar refractivity (Wildman–Crippen MR) is 127 cm³/mol. The number of anilines is 1. The van der Waals surface area contributed by atoms with Gasteiger partial charge in [0.2, 0.25) is 0 Å². The van der Waals surface area contributed by atoms with Crippen molar-refractivity contribution in [2.24, 2.45) is 0 Å². The quantitative estimate of drug-likeness (QED) is 0.328. The molecule has 0 bridgehead atoms. The number of carbonyl (C=O) groups excluding carboxylic acids is 2. The molecule has 0 saturated carbocycles. The van der Waals surface area contributed by atoms with Crippen molar-refractivity contribution < 1.29 is 14.3 Å². The van der Waals surface area contributed by atoms with Gasteiger partial charge in [-0.3, -0.25) is 9.36 Å². The Labute approximate surface area is 195 Å². The number of hydrogen-bond donors (Lipinski definition) is 1. The molecule has 2 aromatic heterocycles. The molecule has 2 aromatic carbocycles. The molecular formula is C24H23N5O3S. The molecular weight excluding hydrogens is 438 g/mol. The van der Waals surface area contributed by atoms with Crippen molar-refractivity contribution in [2.75, 3.05) is 18.2 Å². The van der Waals surface area contributed by atoms with Crippen molar-refractivity contribution in [3.05, 3.63) is 83.8 Å². The van der Waals surface area contributed by atoms with Gasteiger partial charge in [0.15, 0.2) is 17.5 Å². The normalized spacial score (nSPS) is 10.8. The Balaban J connectivity index is 1.46. The van der Waals surface area contributed by atoms with Gasteiger partial charge in [-0.15, -0.1) is 0 Å². The third-order valence-corrected chi connectivity index (χ3v) is 5.50. The van der Waals surface area contributed by atoms with Crippen molar-refractivity contribution in [1.82, 2.24) is 19.3 Å². The highest BCUT2D eigenvalue weighted by molar-refractivity contribution is 7.98. The maximum absolute atomic E-state index is 12.8. The van der Waals surface area contributed by atoms with Crippen LogP contribution in [0.4, 0.5) is 5.82 Å². The second kappa shape index (κ2) is 9.74. The number of nitrogens with zero attached hydrogens (tertiary/aromatic N) is 4. The summed E-state index contributed by atoms with van der Waals surface area (Å²) in [7, 11) is 0. The van der Waals surface area contributed by atoms with E-state index in [1.807, 2.05) is 74.7 Å². The highest BCUT2D eigenvalue weighted by Crippen LogP contribution is 2.22. The predicted octanol–water partition coefficient (Wildman–Crippen LogP) is 4.19. The number of aromatic nitrogens is 4. The van der Waals surface area contributed by atoms with E-state index in [2.05, 4.69) is 15.4 Å². The smallest absolute Gasteiger partial charge is 0.357 e. The van der Waals surface area contributed by atoms with E-state index >= 15 is 0 Å². The zero-order chi connectivity index (χ0) is 23.4. The second-order valence-corrected chi connectivity index (χ2v) is 8.12. The maximum atomic E-state index is 12.8. The molecule has 9 heteroatoms. The summed E-state index contributed by atoms with van der Waals surface area (Å²) in [5.74, 6) is -0.603. The van der Waals surface area contributed by atoms with Gasteiger partial charge in [0, 0.05) is 11.8 Å². The summed E-state index contributed by atoms with van der Waals surface area (Å²) in [6.07, 6.45) is 3.33. The lowest BCUT2D eigenvalue weighted by atomic mass is 10.2. The fourth-order valence-electron chi connectivity index (χ4n) is 3.30. The zero-order valence-corrected chi connectivity index (χ0v) is 19.3. The maximum Gasteiger partial charge on any atom is 0.357 e. The molecule has 0 spiro atoms. The number of para-hydroxylation sites is 1. The molecule has 4 aromatic rings. The minimum atomic E-state index is -0.634. The second-order valence-electron chi connectivity index (χ2n) is 7.34. The molecule has 33 heavy (non-hydrogen) atoms. The van der Waals surface area contributed by atoms with Crippen LogP contribution in [0.3, 0.4) is 0 Å². The van der Waals surface area contributed by atoms with Crippen LogP contribution < -0.4 is 5.32 Å². The zero-order valence-electron chi connectivity index (χ0n) is 18.5. The Kier molecular flexibility index (Phi) is 6.60. The lowest BCUT2D eigenvalue weighted by Gasteiger charge is -2.11. The monoisotopic (exact) mass is 461 g/mol. The lowest BCUT2D eigenvalue weighted by Crippen LogP contribution is -2.23. The number of rotatable bonds is 7. The van der Waals surface area contributed by atoms with Crippen LogP contribution in [0.1, 0.15) is 21.7 Å². The van der Waals surface area contributed by atoms with Crippen LogP contribution in [0.2, 0.25) is 0 Å². The summed E-state index contributed by atoms with van der Waals surface area (Å²) in [4.78, 5) is 29.6. The lowest BCUT2D eigenvalue weighted by molar-refractivity contribution is -0.119. The molecule has 0 unspecified atom stereocenters. The van der Waals surface area contributed by atoms with Crippen LogP contribution >= 0.6 is 11.8 Å². The molecule has 1 N–H and O–H groups in total. The van der Waals surface area contributed by atoms with E-state index in [1.165, 1.54) is 18.0 Å². The Morgan fingerprint density at radius 2 is 1.76 bits per heavy atom. The van der Waals surface area contributed by atoms with Gasteiger partial charge in [0.05, 0.1) is 17.6 Å². The van der Waals surface area contributed by atoms with E-state index in [-0.39, 0.29) is 5.69 Å². The molecule has 2 heterocycles. The Morgan fingerprint density at radius 3 is 2.45 bits per heavy atom. The molecule has 1 amide bonds. The van der Waals surface area contributed by atoms with Gasteiger partial charge in [-0.05, 0) is 44.4 Å². The fourth-order valence-corrected chi connectivity index (χ4v) is 3.85. The summed E-state index contributed by atoms with van der Waals surface area (Å²) in [5, 5.41) is 7.86. The number of ether oxygens (including phenoxy) is 1. The van der Waals surface area contributed by atoms with Gasteiger partial charge in [-0.2, -0.15) is 5.10 Å². The van der Waals surface area contributed by atoms with Crippen molar-refractivity contribution in [2.45, 2.75) is 19.0 Å². The minimum absolute atomic E-state index is 0.249. The fraction of sp³-hybridized carbons (Fsp3) is 0.167. The third-order valence-electron chi connectivity index (χ3n) is 4.85. The number of imidazole rings is 1. The molecule has 8 nitrogen and oxygen atoms in total. The standard InChI is InChI=1S/C24H23N5O3S/c1-16-9-11-19(12-10-16)29-21(13-17(2)27-29)26-22(30)15-32-23(31)20-14-25-24(33-3)28(20)18-7-5-4-6-8-18/h4-14H,15H2,1-3H3,(H,26,30). The van der Waals surface area contributed by atoms with Crippen molar-refractivity contribution in [3.63, 3.8) is 0 Å². The highest BCUT2D eigenvalue weighted by atomic mass is 32.2. The first-order valence-electron chi connectivity index (χ1n) is 10.2. The molecule has 0 fully saturated rings. The largest absolute Gasteiger partial charge is 0.451 e. The number of hydrogen-bond acceptors (Lipinski definition) is 6. The Hall–Kier alpha value is -3.85. The van der Waals surface area contributed by atoms with Crippen LogP contribution in [-0.2, 0) is 9.53 Å². The average molecular weight is 462 g/mol. The van der Waals surface area contributed by atoms with Gasteiger partial charge in [-0.25, -0.2) is 14.5 Å². The number of carbonyl (C=O) groups is 2. The number of aryl methyl sites for hydroxylation is 2. The van der Waals surface area contributed by atoms with Gasteiger partial charge in [0.25, 0.3) is 5.91 Å². The van der Waals surface area contributed by atoms with E-state index in [0.717, 1.165) is 22.6 Å². The Morgan fingerprint density at radius 1 is 1.03 bits per heavy atom. The number of nitrogens with one attached hydrogen (secondary N) is 1. The number of esters is 1. The molecule has 4 rings (SSSR count). The van der Waals surface area contributed by atoms with Crippen LogP contribution in [-0.4, -0.2) is 44.1 Å². The molecule has 0 aliphatic carbocycles. The molecule has 0 aliphatic rings. The summed E-state index contributed by atoms with van der Waals surface area (Å²) >= 11 is 1.41. The first-order valence-corrected chi connectivity index (χ1v) is 11.5. The SMILES string of the molecule is CSc1ncc(C(=O)OCC(=O)Nc2cc(C)nn2-c2ccc(C)cc2)n1-c1ccccc1. The molecule has 168 valence electrons. The van der Waals surface area contributed by atoms with Gasteiger partial charge >= 0.3 is 5.97 Å². The van der Waals surface area contributed by atoms with Crippen LogP contribution in [0.15, 0.2) is 72.0 Å². The van der Waals surface area contributed by atoms with Gasteiger partial charge in [0.1, 0.15) is 5.82 Å². The Bertz CT molecular complexity index is 1280. The number of thioether (sulfide) groups is 1. The van der Waals surface area contributed by atoms with Crippen molar-refractivity contribution >= 4 is 29.5 Å². The topological polar surface area (TPSA) is 91.0 Å². The average Bonchev–Trinajstić information content (AvgIpc) is 3.42. The van der Waals surface area contributed by atoms with Crippen LogP contribution in [0, 0.1) is 13.8 Å². The van der Waals surface area contributed by atoms with E-state index in [0.29, 0.717) is 11.0 Å².